The van der Waals surface area contributed by atoms with Crippen molar-refractivity contribution in [1.82, 2.24) is 15.4 Å². The van der Waals surface area contributed by atoms with Crippen LogP contribution in [0.2, 0.25) is 5.15 Å². The second-order valence-corrected chi connectivity index (χ2v) is 4.19. The van der Waals surface area contributed by atoms with Gasteiger partial charge in [0.15, 0.2) is 22.5 Å². The van der Waals surface area contributed by atoms with Crippen LogP contribution >= 0.6 is 11.6 Å². The molecule has 1 aromatic heterocycles. The predicted octanol–water partition coefficient (Wildman–Crippen LogP) is 1.08. The molecule has 9 heteroatoms. The van der Waals surface area contributed by atoms with Crippen LogP contribution in [0, 0.1) is 0 Å². The number of anilines is 3. The number of carbonyl (C=O) groups excluding carboxylic acids is 1. The number of amides is 1. The van der Waals surface area contributed by atoms with Crippen molar-refractivity contribution in [2.45, 2.75) is 0 Å². The van der Waals surface area contributed by atoms with Gasteiger partial charge in [-0.05, 0) is 12.1 Å². The number of aromatic nitrogens is 2. The number of para-hydroxylation sites is 1. The largest absolute Gasteiger partial charge is 0.382 e. The van der Waals surface area contributed by atoms with E-state index in [1.165, 1.54) is 6.34 Å². The molecule has 108 valence electrons. The van der Waals surface area contributed by atoms with Crippen LogP contribution in [0.3, 0.4) is 0 Å². The summed E-state index contributed by atoms with van der Waals surface area (Å²) in [4.78, 5) is 22.9. The summed E-state index contributed by atoms with van der Waals surface area (Å²) in [6.45, 7) is 0. The first-order chi connectivity index (χ1) is 10.1. The monoisotopic (exact) mass is 305 g/mol. The minimum absolute atomic E-state index is 0.0430. The van der Waals surface area contributed by atoms with Gasteiger partial charge in [0.1, 0.15) is 6.34 Å². The zero-order valence-corrected chi connectivity index (χ0v) is 11.5. The number of benzene rings is 1. The lowest BCUT2D eigenvalue weighted by Gasteiger charge is -2.04. The smallest absolute Gasteiger partial charge is 0.300 e. The lowest BCUT2D eigenvalue weighted by Crippen LogP contribution is -2.20. The Morgan fingerprint density at radius 1 is 1.19 bits per heavy atom. The van der Waals surface area contributed by atoms with Gasteiger partial charge in [0.05, 0.1) is 5.69 Å². The lowest BCUT2D eigenvalue weighted by molar-refractivity contribution is 0.0999. The first-order valence-corrected chi connectivity index (χ1v) is 6.17. The zero-order chi connectivity index (χ0) is 15.2. The first kappa shape index (κ1) is 14.5. The second-order valence-electron chi connectivity index (χ2n) is 3.83. The predicted molar refractivity (Wildman–Crippen MR) is 81.9 cm³/mol. The van der Waals surface area contributed by atoms with Gasteiger partial charge in [-0.2, -0.15) is 4.99 Å². The third-order valence-corrected chi connectivity index (χ3v) is 2.62. The van der Waals surface area contributed by atoms with E-state index >= 15 is 0 Å². The summed E-state index contributed by atoms with van der Waals surface area (Å²) in [5.41, 5.74) is 17.1. The van der Waals surface area contributed by atoms with Gasteiger partial charge in [-0.15, -0.1) is 0 Å². The van der Waals surface area contributed by atoms with Gasteiger partial charge in [-0.25, -0.2) is 9.97 Å². The van der Waals surface area contributed by atoms with Crippen molar-refractivity contribution in [3.05, 3.63) is 41.2 Å². The molecule has 1 amide bonds. The van der Waals surface area contributed by atoms with Crippen molar-refractivity contribution in [2.75, 3.05) is 16.9 Å². The van der Waals surface area contributed by atoms with Crippen molar-refractivity contribution in [2.24, 2.45) is 4.99 Å². The number of nitrogens with two attached hydrogens (primary N) is 2. The fraction of sp³-hybridized carbons (Fsp3) is 0. The Morgan fingerprint density at radius 3 is 2.62 bits per heavy atom. The molecule has 0 unspecified atom stereocenters. The molecular formula is C12H12ClN7O. The number of hydrogen-bond acceptors (Lipinski definition) is 6. The number of rotatable bonds is 4. The van der Waals surface area contributed by atoms with Gasteiger partial charge in [-0.3, -0.25) is 10.2 Å². The molecule has 1 aromatic carbocycles. The summed E-state index contributed by atoms with van der Waals surface area (Å²) >= 11 is 5.69. The van der Waals surface area contributed by atoms with Crippen LogP contribution in [0.25, 0.3) is 0 Å². The normalized spacial score (nSPS) is 10.5. The molecule has 0 bridgehead atoms. The van der Waals surface area contributed by atoms with E-state index in [0.717, 1.165) is 5.69 Å². The number of nitrogens with zero attached hydrogens (tertiary/aromatic N) is 3. The summed E-state index contributed by atoms with van der Waals surface area (Å²) in [7, 11) is 0. The van der Waals surface area contributed by atoms with Crippen LogP contribution in [0.15, 0.2) is 35.3 Å². The number of carbonyl (C=O) groups is 1. The van der Waals surface area contributed by atoms with Crippen LogP contribution in [-0.4, -0.2) is 22.2 Å². The topological polar surface area (TPSA) is 131 Å². The van der Waals surface area contributed by atoms with E-state index in [0.29, 0.717) is 0 Å². The molecule has 6 N–H and O–H groups in total. The molecule has 0 aliphatic carbocycles. The van der Waals surface area contributed by atoms with Gasteiger partial charge in [0.2, 0.25) is 0 Å². The molecule has 2 aromatic rings. The summed E-state index contributed by atoms with van der Waals surface area (Å²) < 4.78 is 0. The maximum absolute atomic E-state index is 11.8. The summed E-state index contributed by atoms with van der Waals surface area (Å²) in [5, 5.41) is -0.0990. The second kappa shape index (κ2) is 6.53. The Hall–Kier alpha value is -2.87. The van der Waals surface area contributed by atoms with Crippen molar-refractivity contribution < 1.29 is 4.79 Å². The van der Waals surface area contributed by atoms with Crippen LogP contribution in [0.5, 0.6) is 0 Å². The number of aliphatic imine (C=N–C) groups is 1. The summed E-state index contributed by atoms with van der Waals surface area (Å²) in [6.07, 6.45) is 1.17. The molecule has 0 fully saturated rings. The Morgan fingerprint density at radius 2 is 1.90 bits per heavy atom. The number of hydrazine groups is 1. The van der Waals surface area contributed by atoms with E-state index < -0.39 is 5.91 Å². The molecule has 0 saturated heterocycles. The number of nitrogen functional groups attached to an aromatic ring is 2. The molecule has 2 rings (SSSR count). The molecule has 0 spiro atoms. The molecule has 0 aliphatic rings. The first-order valence-electron chi connectivity index (χ1n) is 5.80. The van der Waals surface area contributed by atoms with Crippen molar-refractivity contribution in [3.8, 4) is 0 Å². The number of hydrogen-bond donors (Lipinski definition) is 4. The molecular weight excluding hydrogens is 294 g/mol. The summed E-state index contributed by atoms with van der Waals surface area (Å²) in [6, 6.07) is 9.28. The van der Waals surface area contributed by atoms with Gasteiger partial charge < -0.3 is 16.9 Å². The van der Waals surface area contributed by atoms with Crippen molar-refractivity contribution in [3.63, 3.8) is 0 Å². The van der Waals surface area contributed by atoms with Crippen LogP contribution < -0.4 is 22.3 Å². The fourth-order valence-electron chi connectivity index (χ4n) is 1.39. The molecule has 0 saturated carbocycles. The van der Waals surface area contributed by atoms with Crippen molar-refractivity contribution >= 4 is 41.2 Å². The van der Waals surface area contributed by atoms with Gasteiger partial charge in [0.25, 0.3) is 0 Å². The average Bonchev–Trinajstić information content (AvgIpc) is 2.48. The third kappa shape index (κ3) is 3.80. The zero-order valence-electron chi connectivity index (χ0n) is 10.7. The molecule has 8 nitrogen and oxygen atoms in total. The molecule has 0 atom stereocenters. The highest BCUT2D eigenvalue weighted by Gasteiger charge is 2.14. The van der Waals surface area contributed by atoms with Crippen LogP contribution in [-0.2, 0) is 0 Å². The minimum atomic E-state index is -0.690. The minimum Gasteiger partial charge on any atom is -0.382 e. The van der Waals surface area contributed by atoms with Crippen LogP contribution in [0.1, 0.15) is 10.5 Å². The maximum Gasteiger partial charge on any atom is 0.300 e. The Kier molecular flexibility index (Phi) is 4.52. The number of halogens is 1. The molecule has 21 heavy (non-hydrogen) atoms. The van der Waals surface area contributed by atoms with Gasteiger partial charge in [0, 0.05) is 0 Å². The highest BCUT2D eigenvalue weighted by Crippen LogP contribution is 2.17. The summed E-state index contributed by atoms with van der Waals surface area (Å²) in [5.74, 6) is -0.863. The Bertz CT molecular complexity index is 675. The van der Waals surface area contributed by atoms with Crippen molar-refractivity contribution in [1.29, 1.82) is 0 Å². The van der Waals surface area contributed by atoms with E-state index in [-0.39, 0.29) is 22.5 Å². The van der Waals surface area contributed by atoms with Crippen LogP contribution in [0.4, 0.5) is 17.3 Å². The number of nitrogens with one attached hydrogen (secondary N) is 2. The molecule has 0 radical (unpaired) electrons. The SMILES string of the molecule is Nc1nc(N)c(C(=O)N=CNNc2ccccc2)nc1Cl. The van der Waals surface area contributed by atoms with E-state index in [2.05, 4.69) is 25.8 Å². The lowest BCUT2D eigenvalue weighted by atomic mass is 10.3. The van der Waals surface area contributed by atoms with E-state index in [9.17, 15) is 4.79 Å². The Labute approximate surface area is 125 Å². The Balaban J connectivity index is 1.98. The molecule has 0 aliphatic heterocycles. The fourth-order valence-corrected chi connectivity index (χ4v) is 1.51. The highest BCUT2D eigenvalue weighted by molar-refractivity contribution is 6.31. The van der Waals surface area contributed by atoms with E-state index in [1.54, 1.807) is 0 Å². The maximum atomic E-state index is 11.8. The van der Waals surface area contributed by atoms with Gasteiger partial charge in [-0.1, -0.05) is 29.8 Å². The van der Waals surface area contributed by atoms with E-state index in [1.807, 2.05) is 30.3 Å². The van der Waals surface area contributed by atoms with Gasteiger partial charge >= 0.3 is 5.91 Å². The molecule has 1 heterocycles. The average molecular weight is 306 g/mol. The third-order valence-electron chi connectivity index (χ3n) is 2.34. The quantitative estimate of drug-likeness (QED) is 0.377. The standard InChI is InChI=1S/C12H12ClN7O/c13-9-11(15)19-10(14)8(18-9)12(21)16-6-17-20-7-4-2-1-3-5-7/h1-6,20H,(H4,14,15,19)(H,16,17,21). The van der Waals surface area contributed by atoms with E-state index in [4.69, 9.17) is 23.1 Å². The highest BCUT2D eigenvalue weighted by atomic mass is 35.5.